The van der Waals surface area contributed by atoms with E-state index in [1.165, 1.54) is 12.1 Å². The van der Waals surface area contributed by atoms with Crippen molar-refractivity contribution in [2.45, 2.75) is 26.0 Å². The fourth-order valence-electron chi connectivity index (χ4n) is 2.58. The van der Waals surface area contributed by atoms with Gasteiger partial charge in [-0.25, -0.2) is 4.39 Å². The van der Waals surface area contributed by atoms with Crippen LogP contribution in [0.4, 0.5) is 4.39 Å². The fourth-order valence-corrected chi connectivity index (χ4v) is 2.58. The number of hydrogen-bond acceptors (Lipinski definition) is 3. The Morgan fingerprint density at radius 2 is 2.20 bits per heavy atom. The third-order valence-corrected chi connectivity index (χ3v) is 3.62. The second kappa shape index (κ2) is 6.85. The zero-order valence-electron chi connectivity index (χ0n) is 11.6. The monoisotopic (exact) mass is 277 g/mol. The minimum atomic E-state index is -0.310. The number of halogens is 1. The first-order chi connectivity index (χ1) is 9.58. The van der Waals surface area contributed by atoms with Gasteiger partial charge in [-0.2, -0.15) is 0 Å². The number of benzene rings is 1. The van der Waals surface area contributed by atoms with E-state index >= 15 is 0 Å². The Balaban J connectivity index is 2.07. The van der Waals surface area contributed by atoms with E-state index in [0.717, 1.165) is 25.1 Å². The molecule has 0 saturated carbocycles. The molecule has 1 heterocycles. The fraction of sp³-hybridized carbons (Fsp3) is 0.500. The van der Waals surface area contributed by atoms with Crippen LogP contribution >= 0.6 is 0 Å². The lowest BCUT2D eigenvalue weighted by atomic mass is 9.96. The Bertz CT molecular complexity index is 521. The average molecular weight is 277 g/mol. The van der Waals surface area contributed by atoms with Crippen LogP contribution in [0.1, 0.15) is 24.5 Å². The molecule has 2 atom stereocenters. The lowest BCUT2D eigenvalue weighted by Gasteiger charge is -2.34. The highest BCUT2D eigenvalue weighted by molar-refractivity contribution is 5.37. The Morgan fingerprint density at radius 3 is 2.90 bits per heavy atom. The van der Waals surface area contributed by atoms with Crippen LogP contribution in [0.25, 0.3) is 0 Å². The van der Waals surface area contributed by atoms with Gasteiger partial charge in [-0.1, -0.05) is 18.8 Å². The van der Waals surface area contributed by atoms with Crippen LogP contribution in [-0.4, -0.2) is 40.9 Å². The molecule has 1 aromatic rings. The predicted molar refractivity (Wildman–Crippen MR) is 75.4 cm³/mol. The van der Waals surface area contributed by atoms with Crippen molar-refractivity contribution in [2.24, 2.45) is 5.92 Å². The normalized spacial score (nSPS) is 23.2. The first-order valence-electron chi connectivity index (χ1n) is 6.88. The van der Waals surface area contributed by atoms with Gasteiger partial charge in [-0.05, 0) is 36.1 Å². The molecule has 2 rings (SSSR count). The van der Waals surface area contributed by atoms with Gasteiger partial charge in [0.15, 0.2) is 0 Å². The molecular formula is C16H20FNO2. The first kappa shape index (κ1) is 15.0. The number of rotatable bonds is 2. The maximum Gasteiger partial charge on any atom is 0.124 e. The molecule has 1 aliphatic rings. The van der Waals surface area contributed by atoms with Gasteiger partial charge in [0.1, 0.15) is 12.4 Å². The van der Waals surface area contributed by atoms with Gasteiger partial charge in [-0.3, -0.25) is 4.90 Å². The van der Waals surface area contributed by atoms with E-state index in [-0.39, 0.29) is 24.4 Å². The number of hydrogen-bond donors (Lipinski definition) is 2. The molecule has 0 spiro atoms. The highest BCUT2D eigenvalue weighted by Gasteiger charge is 2.24. The summed E-state index contributed by atoms with van der Waals surface area (Å²) in [4.78, 5) is 2.22. The van der Waals surface area contributed by atoms with E-state index in [2.05, 4.69) is 16.7 Å². The summed E-state index contributed by atoms with van der Waals surface area (Å²) in [6, 6.07) is 4.73. The molecule has 0 amide bonds. The molecule has 3 nitrogen and oxygen atoms in total. The van der Waals surface area contributed by atoms with Crippen molar-refractivity contribution in [3.8, 4) is 11.8 Å². The van der Waals surface area contributed by atoms with Crippen molar-refractivity contribution in [3.63, 3.8) is 0 Å². The van der Waals surface area contributed by atoms with E-state index < -0.39 is 0 Å². The predicted octanol–water partition coefficient (Wildman–Crippen LogP) is 1.37. The summed E-state index contributed by atoms with van der Waals surface area (Å²) in [7, 11) is 0. The minimum Gasteiger partial charge on any atom is -0.393 e. The second-order valence-corrected chi connectivity index (χ2v) is 5.38. The van der Waals surface area contributed by atoms with E-state index in [9.17, 15) is 9.50 Å². The molecule has 0 bridgehead atoms. The Kier molecular flexibility index (Phi) is 5.13. The number of likely N-dealkylation sites (tertiary alicyclic amines) is 1. The molecule has 2 unspecified atom stereocenters. The molecule has 0 radical (unpaired) electrons. The van der Waals surface area contributed by atoms with Crippen molar-refractivity contribution in [3.05, 3.63) is 35.1 Å². The topological polar surface area (TPSA) is 43.7 Å². The molecule has 2 N–H and O–H groups in total. The van der Waals surface area contributed by atoms with Crippen molar-refractivity contribution < 1.29 is 14.6 Å². The van der Waals surface area contributed by atoms with Crippen LogP contribution in [0.2, 0.25) is 0 Å². The smallest absolute Gasteiger partial charge is 0.124 e. The molecular weight excluding hydrogens is 257 g/mol. The van der Waals surface area contributed by atoms with Crippen molar-refractivity contribution in [1.29, 1.82) is 0 Å². The third kappa shape index (κ3) is 4.04. The van der Waals surface area contributed by atoms with Gasteiger partial charge >= 0.3 is 0 Å². The van der Waals surface area contributed by atoms with Gasteiger partial charge in [0.2, 0.25) is 0 Å². The van der Waals surface area contributed by atoms with Gasteiger partial charge in [0.25, 0.3) is 0 Å². The number of nitrogens with zero attached hydrogens (tertiary/aromatic N) is 1. The van der Waals surface area contributed by atoms with Crippen molar-refractivity contribution >= 4 is 0 Å². The molecule has 4 heteroatoms. The van der Waals surface area contributed by atoms with Gasteiger partial charge in [0, 0.05) is 25.2 Å². The summed E-state index contributed by atoms with van der Waals surface area (Å²) < 4.78 is 13.6. The molecule has 1 fully saturated rings. The third-order valence-electron chi connectivity index (χ3n) is 3.62. The van der Waals surface area contributed by atoms with Crippen LogP contribution in [0.5, 0.6) is 0 Å². The van der Waals surface area contributed by atoms with Crippen LogP contribution in [0, 0.1) is 23.6 Å². The molecule has 20 heavy (non-hydrogen) atoms. The van der Waals surface area contributed by atoms with Crippen molar-refractivity contribution in [1.82, 2.24) is 4.90 Å². The quantitative estimate of drug-likeness (QED) is 0.803. The zero-order chi connectivity index (χ0) is 14.5. The summed E-state index contributed by atoms with van der Waals surface area (Å²) >= 11 is 0. The molecule has 1 saturated heterocycles. The number of aliphatic hydroxyl groups is 2. The molecule has 0 aromatic heterocycles. The van der Waals surface area contributed by atoms with Crippen LogP contribution in [-0.2, 0) is 6.54 Å². The summed E-state index contributed by atoms with van der Waals surface area (Å²) in [5.74, 6) is 5.19. The molecule has 0 aliphatic carbocycles. The Morgan fingerprint density at radius 1 is 1.40 bits per heavy atom. The van der Waals surface area contributed by atoms with Crippen LogP contribution < -0.4 is 0 Å². The van der Waals surface area contributed by atoms with E-state index in [0.29, 0.717) is 12.1 Å². The van der Waals surface area contributed by atoms with Crippen LogP contribution in [0.3, 0.4) is 0 Å². The zero-order valence-corrected chi connectivity index (χ0v) is 11.6. The summed E-state index contributed by atoms with van der Waals surface area (Å²) in [5.41, 5.74) is 1.45. The van der Waals surface area contributed by atoms with Crippen molar-refractivity contribution in [2.75, 3.05) is 19.7 Å². The number of aliphatic hydroxyl groups excluding tert-OH is 2. The average Bonchev–Trinajstić information content (AvgIpc) is 2.40. The summed E-state index contributed by atoms with van der Waals surface area (Å²) in [6.07, 6.45) is 0.526. The SMILES string of the molecule is CC1CN(Cc2cc(F)cc(C#CCO)c2)CCC1O. The van der Waals surface area contributed by atoms with Gasteiger partial charge < -0.3 is 10.2 Å². The van der Waals surface area contributed by atoms with E-state index in [1.807, 2.05) is 13.0 Å². The maximum absolute atomic E-state index is 13.6. The largest absolute Gasteiger partial charge is 0.393 e. The van der Waals surface area contributed by atoms with Gasteiger partial charge in [0.05, 0.1) is 6.10 Å². The molecule has 1 aliphatic heterocycles. The van der Waals surface area contributed by atoms with E-state index in [4.69, 9.17) is 5.11 Å². The second-order valence-electron chi connectivity index (χ2n) is 5.38. The summed E-state index contributed by atoms with van der Waals surface area (Å²) in [6.45, 7) is 4.09. The Labute approximate surface area is 119 Å². The maximum atomic E-state index is 13.6. The number of piperidine rings is 1. The van der Waals surface area contributed by atoms with Crippen LogP contribution in [0.15, 0.2) is 18.2 Å². The minimum absolute atomic E-state index is 0.229. The Hall–Kier alpha value is -1.41. The van der Waals surface area contributed by atoms with E-state index in [1.54, 1.807) is 0 Å². The standard InChI is InChI=1S/C16H20FNO2/c1-12-10-18(5-4-16(12)20)11-14-7-13(3-2-6-19)8-15(17)9-14/h7-9,12,16,19-20H,4-6,10-11H2,1H3. The molecule has 108 valence electrons. The lowest BCUT2D eigenvalue weighted by molar-refractivity contribution is 0.0320. The highest BCUT2D eigenvalue weighted by Crippen LogP contribution is 2.19. The lowest BCUT2D eigenvalue weighted by Crippen LogP contribution is -2.41. The van der Waals surface area contributed by atoms with Gasteiger partial charge in [-0.15, -0.1) is 0 Å². The molecule has 1 aromatic carbocycles. The first-order valence-corrected chi connectivity index (χ1v) is 6.88. The summed E-state index contributed by atoms with van der Waals surface area (Å²) in [5, 5.41) is 18.4. The highest BCUT2D eigenvalue weighted by atomic mass is 19.1.